The van der Waals surface area contributed by atoms with Crippen molar-refractivity contribution in [3.63, 3.8) is 0 Å². The van der Waals surface area contributed by atoms with Gasteiger partial charge in [0, 0.05) is 16.2 Å². The Hall–Kier alpha value is -2.92. The number of esters is 1. The topological polar surface area (TPSA) is 26.3 Å². The van der Waals surface area contributed by atoms with Gasteiger partial charge in [0.25, 0.3) is 5.92 Å². The number of methoxy groups -OCH3 is 1. The molecule has 0 aliphatic heterocycles. The average molecular weight is 465 g/mol. The summed E-state index contributed by atoms with van der Waals surface area (Å²) in [6, 6.07) is 22.8. The molecule has 1 aliphatic rings. The molecular weight excluding hydrogens is 438 g/mol. The Morgan fingerprint density at radius 2 is 1.55 bits per heavy atom. The highest BCUT2D eigenvalue weighted by Gasteiger charge is 2.52. The SMILES string of the molecule is C/C=C/C(F)(F)c1ccc(-c2ccc(CSc3ccc(C4(C(=O)OC)CC4)cc3)cc2)cc1. The largest absolute Gasteiger partial charge is 0.468 e. The highest BCUT2D eigenvalue weighted by atomic mass is 32.2. The number of alkyl halides is 2. The molecule has 0 unspecified atom stereocenters. The Kier molecular flexibility index (Phi) is 6.71. The minimum absolute atomic E-state index is 0.0115. The first-order valence-electron chi connectivity index (χ1n) is 10.9. The van der Waals surface area contributed by atoms with Crippen LogP contribution < -0.4 is 0 Å². The minimum atomic E-state index is -2.95. The van der Waals surface area contributed by atoms with E-state index in [-0.39, 0.29) is 11.5 Å². The van der Waals surface area contributed by atoms with Gasteiger partial charge in [-0.1, -0.05) is 66.7 Å². The molecule has 0 bridgehead atoms. The standard InChI is InChI=1S/C28H26F2O2S/c1-3-16-28(29,30)24-10-8-22(9-11-24)21-6-4-20(5-7-21)19-33-25-14-12-23(13-15-25)27(17-18-27)26(31)32-2/h3-16H,17-19H2,1-2H3/b16-3+. The van der Waals surface area contributed by atoms with Gasteiger partial charge in [-0.15, -0.1) is 11.8 Å². The molecule has 170 valence electrons. The Morgan fingerprint density at radius 3 is 2.06 bits per heavy atom. The van der Waals surface area contributed by atoms with Gasteiger partial charge in [-0.25, -0.2) is 0 Å². The van der Waals surface area contributed by atoms with Crippen LogP contribution in [-0.2, 0) is 26.6 Å². The maximum Gasteiger partial charge on any atom is 0.316 e. The highest BCUT2D eigenvalue weighted by molar-refractivity contribution is 7.98. The van der Waals surface area contributed by atoms with Gasteiger partial charge in [0.2, 0.25) is 0 Å². The summed E-state index contributed by atoms with van der Waals surface area (Å²) < 4.78 is 32.9. The molecule has 0 aromatic heterocycles. The lowest BCUT2D eigenvalue weighted by Crippen LogP contribution is -2.21. The zero-order valence-corrected chi connectivity index (χ0v) is 19.5. The van der Waals surface area contributed by atoms with Crippen molar-refractivity contribution < 1.29 is 18.3 Å². The molecule has 0 saturated heterocycles. The average Bonchev–Trinajstić information content (AvgIpc) is 3.65. The van der Waals surface area contributed by atoms with E-state index in [2.05, 4.69) is 24.3 Å². The smallest absolute Gasteiger partial charge is 0.316 e. The van der Waals surface area contributed by atoms with Crippen LogP contribution in [0.15, 0.2) is 89.8 Å². The van der Waals surface area contributed by atoms with Crippen molar-refractivity contribution in [2.45, 2.75) is 41.8 Å². The van der Waals surface area contributed by atoms with E-state index >= 15 is 0 Å². The second-order valence-electron chi connectivity index (χ2n) is 8.28. The molecule has 3 aromatic rings. The fourth-order valence-corrected chi connectivity index (χ4v) is 4.81. The molecule has 0 radical (unpaired) electrons. The van der Waals surface area contributed by atoms with Crippen molar-refractivity contribution in [3.8, 4) is 11.1 Å². The molecule has 2 nitrogen and oxygen atoms in total. The van der Waals surface area contributed by atoms with Crippen LogP contribution in [0.1, 0.15) is 36.5 Å². The molecule has 3 aromatic carbocycles. The lowest BCUT2D eigenvalue weighted by molar-refractivity contribution is -0.143. The lowest BCUT2D eigenvalue weighted by Gasteiger charge is -2.13. The summed E-state index contributed by atoms with van der Waals surface area (Å²) in [6.45, 7) is 1.59. The van der Waals surface area contributed by atoms with Crippen molar-refractivity contribution in [1.82, 2.24) is 0 Å². The van der Waals surface area contributed by atoms with Gasteiger partial charge >= 0.3 is 5.97 Å². The molecule has 1 saturated carbocycles. The number of benzene rings is 3. The summed E-state index contributed by atoms with van der Waals surface area (Å²) in [5, 5.41) is 0. The first-order chi connectivity index (χ1) is 15.9. The Labute approximate surface area is 197 Å². The second kappa shape index (κ2) is 9.52. The number of ether oxygens (including phenoxy) is 1. The number of rotatable bonds is 8. The Morgan fingerprint density at radius 1 is 0.970 bits per heavy atom. The third-order valence-corrected chi connectivity index (χ3v) is 7.15. The molecule has 33 heavy (non-hydrogen) atoms. The quantitative estimate of drug-likeness (QED) is 0.196. The van der Waals surface area contributed by atoms with E-state index < -0.39 is 11.3 Å². The van der Waals surface area contributed by atoms with E-state index in [0.717, 1.165) is 46.3 Å². The van der Waals surface area contributed by atoms with Crippen LogP contribution in [0.4, 0.5) is 8.78 Å². The zero-order chi connectivity index (χ0) is 23.5. The lowest BCUT2D eigenvalue weighted by atomic mass is 9.96. The van der Waals surface area contributed by atoms with Crippen LogP contribution in [-0.4, -0.2) is 13.1 Å². The van der Waals surface area contributed by atoms with Crippen LogP contribution in [0.3, 0.4) is 0 Å². The van der Waals surface area contributed by atoms with Crippen molar-refractivity contribution in [2.24, 2.45) is 0 Å². The number of halogens is 2. The summed E-state index contributed by atoms with van der Waals surface area (Å²) in [7, 11) is 1.44. The molecule has 0 spiro atoms. The fraction of sp³-hybridized carbons (Fsp3) is 0.250. The molecule has 0 amide bonds. The molecule has 0 heterocycles. The van der Waals surface area contributed by atoms with Gasteiger partial charge in [-0.2, -0.15) is 8.78 Å². The van der Waals surface area contributed by atoms with Gasteiger partial charge in [0.15, 0.2) is 0 Å². The summed E-state index contributed by atoms with van der Waals surface area (Å²) in [5.41, 5.74) is 3.66. The van der Waals surface area contributed by atoms with Gasteiger partial charge in [0.1, 0.15) is 0 Å². The molecule has 1 fully saturated rings. The zero-order valence-electron chi connectivity index (χ0n) is 18.7. The van der Waals surface area contributed by atoms with Crippen LogP contribution in [0.5, 0.6) is 0 Å². The monoisotopic (exact) mass is 464 g/mol. The van der Waals surface area contributed by atoms with E-state index in [0.29, 0.717) is 0 Å². The predicted molar refractivity (Wildman–Crippen MR) is 130 cm³/mol. The van der Waals surface area contributed by atoms with Gasteiger partial charge in [-0.3, -0.25) is 4.79 Å². The first kappa shape index (κ1) is 23.2. The predicted octanol–water partition coefficient (Wildman–Crippen LogP) is 7.52. The summed E-state index contributed by atoms with van der Waals surface area (Å²) >= 11 is 1.73. The number of allylic oxidation sites excluding steroid dienone is 2. The molecule has 0 atom stereocenters. The number of hydrogen-bond acceptors (Lipinski definition) is 3. The van der Waals surface area contributed by atoms with Crippen molar-refractivity contribution in [2.75, 3.05) is 7.11 Å². The van der Waals surface area contributed by atoms with Gasteiger partial charge in [-0.05, 0) is 60.2 Å². The van der Waals surface area contributed by atoms with Crippen molar-refractivity contribution in [3.05, 3.63) is 102 Å². The third kappa shape index (κ3) is 5.03. The Balaban J connectivity index is 1.37. The maximum absolute atomic E-state index is 14.0. The fourth-order valence-electron chi connectivity index (χ4n) is 3.95. The second-order valence-corrected chi connectivity index (χ2v) is 9.33. The normalized spacial score (nSPS) is 14.9. The molecule has 1 aliphatic carbocycles. The van der Waals surface area contributed by atoms with Crippen LogP contribution in [0.25, 0.3) is 11.1 Å². The van der Waals surface area contributed by atoms with E-state index in [1.165, 1.54) is 30.9 Å². The van der Waals surface area contributed by atoms with Crippen LogP contribution in [0.2, 0.25) is 0 Å². The van der Waals surface area contributed by atoms with E-state index in [9.17, 15) is 13.6 Å². The Bertz CT molecular complexity index is 1130. The third-order valence-electron chi connectivity index (χ3n) is 6.07. The summed E-state index contributed by atoms with van der Waals surface area (Å²) in [4.78, 5) is 13.2. The van der Waals surface area contributed by atoms with Crippen LogP contribution >= 0.6 is 11.8 Å². The number of carbonyl (C=O) groups excluding carboxylic acids is 1. The van der Waals surface area contributed by atoms with Crippen molar-refractivity contribution >= 4 is 17.7 Å². The molecule has 0 N–H and O–H groups in total. The summed E-state index contributed by atoms with van der Waals surface area (Å²) in [5.74, 6) is -2.29. The summed E-state index contributed by atoms with van der Waals surface area (Å²) in [6.07, 6.45) is 3.97. The molecule has 4 rings (SSSR count). The molecular formula is C28H26F2O2S. The highest BCUT2D eigenvalue weighted by Crippen LogP contribution is 2.49. The van der Waals surface area contributed by atoms with Gasteiger partial charge in [0.05, 0.1) is 12.5 Å². The van der Waals surface area contributed by atoms with E-state index in [4.69, 9.17) is 4.74 Å². The first-order valence-corrected chi connectivity index (χ1v) is 11.9. The van der Waals surface area contributed by atoms with Crippen LogP contribution in [0, 0.1) is 0 Å². The van der Waals surface area contributed by atoms with Crippen molar-refractivity contribution in [1.29, 1.82) is 0 Å². The number of carbonyl (C=O) groups is 1. The molecule has 5 heteroatoms. The van der Waals surface area contributed by atoms with E-state index in [1.807, 2.05) is 24.3 Å². The maximum atomic E-state index is 14.0. The van der Waals surface area contributed by atoms with E-state index in [1.54, 1.807) is 30.8 Å². The number of thioether (sulfide) groups is 1. The van der Waals surface area contributed by atoms with Gasteiger partial charge < -0.3 is 4.74 Å². The number of hydrogen-bond donors (Lipinski definition) is 0. The minimum Gasteiger partial charge on any atom is -0.468 e.